The van der Waals surface area contributed by atoms with E-state index in [0.717, 1.165) is 43.9 Å². The summed E-state index contributed by atoms with van der Waals surface area (Å²) in [6.07, 6.45) is 22.6. The maximum absolute atomic E-state index is 10.3. The number of benzene rings is 1. The van der Waals surface area contributed by atoms with E-state index in [1.807, 2.05) is 12.1 Å². The van der Waals surface area contributed by atoms with Gasteiger partial charge in [-0.05, 0) is 38.1 Å². The van der Waals surface area contributed by atoms with Crippen LogP contribution in [0.2, 0.25) is 0 Å². The van der Waals surface area contributed by atoms with Crippen LogP contribution in [-0.2, 0) is 16.8 Å². The summed E-state index contributed by atoms with van der Waals surface area (Å²) < 4.78 is 11.8. The van der Waals surface area contributed by atoms with Crippen LogP contribution in [0.25, 0.3) is 0 Å². The largest absolute Gasteiger partial charge is 0.493 e. The normalized spacial score (nSPS) is 23.2. The number of ether oxygens (including phenoxy) is 2. The van der Waals surface area contributed by atoms with Gasteiger partial charge in [0.25, 0.3) is 0 Å². The molecule has 1 spiro atoms. The molecule has 0 unspecified atom stereocenters. The minimum atomic E-state index is -0.655. The molecule has 2 heterocycles. The maximum Gasteiger partial charge on any atom is 0.303 e. The molecule has 2 aliphatic heterocycles. The first-order valence-electron chi connectivity index (χ1n) is 15.6. The van der Waals surface area contributed by atoms with E-state index in [0.29, 0.717) is 12.8 Å². The Morgan fingerprint density at radius 3 is 2.23 bits per heavy atom. The minimum Gasteiger partial charge on any atom is -0.493 e. The van der Waals surface area contributed by atoms with E-state index in [1.165, 1.54) is 81.8 Å². The number of rotatable bonds is 15. The molecule has 3 aliphatic rings. The molecule has 0 radical (unpaired) electrons. The predicted molar refractivity (Wildman–Crippen MR) is 158 cm³/mol. The molecule has 0 bridgehead atoms. The summed E-state index contributed by atoms with van der Waals surface area (Å²) in [6.45, 7) is 4.22. The fourth-order valence-corrected chi connectivity index (χ4v) is 6.37. The van der Waals surface area contributed by atoms with E-state index in [4.69, 9.17) is 14.6 Å². The molecule has 3 atom stereocenters. The van der Waals surface area contributed by atoms with Crippen molar-refractivity contribution in [3.63, 3.8) is 0 Å². The Morgan fingerprint density at radius 2 is 1.64 bits per heavy atom. The van der Waals surface area contributed by atoms with Crippen LogP contribution in [0.1, 0.15) is 121 Å². The van der Waals surface area contributed by atoms with Crippen molar-refractivity contribution in [1.29, 1.82) is 0 Å². The van der Waals surface area contributed by atoms with Crippen LogP contribution < -0.4 is 9.47 Å². The number of unbranched alkanes of at least 4 members (excludes halogenated alkanes) is 12. The van der Waals surface area contributed by atoms with E-state index >= 15 is 0 Å². The standard InChI is InChI=1S/C17H21NO3.C16H32O2/c1-18-8-7-17-6-5-12(19)9-14(17)21-16-13(20-2)4-3-11(10-18)15(16)17;1-2-3-4-5-6-7-8-9-10-11-12-13-14-15-16(17)18/h3-6,12,14,19H,7-10H2,1-2H3;2-15H2,1H3,(H,17,18)/t12-,14-,17-;/m0./s1. The zero-order valence-corrected chi connectivity index (χ0v) is 24.8. The van der Waals surface area contributed by atoms with Gasteiger partial charge in [0.1, 0.15) is 6.10 Å². The van der Waals surface area contributed by atoms with Crippen molar-refractivity contribution < 1.29 is 24.5 Å². The molecular weight excluding hydrogens is 490 g/mol. The van der Waals surface area contributed by atoms with Gasteiger partial charge in [0.05, 0.1) is 18.6 Å². The van der Waals surface area contributed by atoms with Crippen molar-refractivity contribution in [3.05, 3.63) is 35.4 Å². The number of carbonyl (C=O) groups is 1. The highest BCUT2D eigenvalue weighted by Gasteiger charge is 2.52. The number of carboxylic acids is 1. The number of hydrogen-bond donors (Lipinski definition) is 2. The minimum absolute atomic E-state index is 0.00838. The summed E-state index contributed by atoms with van der Waals surface area (Å²) in [7, 11) is 3.84. The average molecular weight is 544 g/mol. The van der Waals surface area contributed by atoms with Crippen LogP contribution in [0.4, 0.5) is 0 Å². The lowest BCUT2D eigenvalue weighted by Gasteiger charge is -2.35. The maximum atomic E-state index is 10.3. The third kappa shape index (κ3) is 8.97. The van der Waals surface area contributed by atoms with Gasteiger partial charge in [-0.15, -0.1) is 0 Å². The Labute approximate surface area is 236 Å². The summed E-state index contributed by atoms with van der Waals surface area (Å²) in [6, 6.07) is 4.16. The van der Waals surface area contributed by atoms with Gasteiger partial charge in [0.2, 0.25) is 0 Å². The van der Waals surface area contributed by atoms with E-state index in [2.05, 4.69) is 31.0 Å². The van der Waals surface area contributed by atoms with Crippen molar-refractivity contribution in [2.45, 2.75) is 134 Å². The summed E-state index contributed by atoms with van der Waals surface area (Å²) >= 11 is 0. The van der Waals surface area contributed by atoms with E-state index < -0.39 is 12.1 Å². The van der Waals surface area contributed by atoms with Gasteiger partial charge >= 0.3 is 5.97 Å². The van der Waals surface area contributed by atoms with Crippen molar-refractivity contribution in [3.8, 4) is 11.5 Å². The van der Waals surface area contributed by atoms with Gasteiger partial charge in [0.15, 0.2) is 11.5 Å². The third-order valence-electron chi connectivity index (χ3n) is 8.64. The molecule has 0 aromatic heterocycles. The van der Waals surface area contributed by atoms with Gasteiger partial charge < -0.3 is 24.6 Å². The van der Waals surface area contributed by atoms with Gasteiger partial charge in [0, 0.05) is 24.9 Å². The predicted octanol–water partition coefficient (Wildman–Crippen LogP) is 7.40. The lowest BCUT2D eigenvalue weighted by molar-refractivity contribution is -0.137. The van der Waals surface area contributed by atoms with Crippen LogP contribution in [0.5, 0.6) is 11.5 Å². The molecule has 1 aromatic rings. The number of nitrogens with zero attached hydrogens (tertiary/aromatic N) is 1. The van der Waals surface area contributed by atoms with Gasteiger partial charge in [-0.2, -0.15) is 0 Å². The molecule has 0 amide bonds. The van der Waals surface area contributed by atoms with Crippen molar-refractivity contribution in [2.24, 2.45) is 0 Å². The quantitative estimate of drug-likeness (QED) is 0.177. The summed E-state index contributed by atoms with van der Waals surface area (Å²) in [5.41, 5.74) is 2.48. The molecule has 220 valence electrons. The van der Waals surface area contributed by atoms with Crippen LogP contribution in [0, 0.1) is 0 Å². The third-order valence-corrected chi connectivity index (χ3v) is 8.64. The number of carboxylic acid groups (broad SMARTS) is 1. The molecule has 0 saturated heterocycles. The van der Waals surface area contributed by atoms with Crippen LogP contribution >= 0.6 is 0 Å². The number of hydrogen-bond acceptors (Lipinski definition) is 5. The Morgan fingerprint density at radius 1 is 1.03 bits per heavy atom. The zero-order chi connectivity index (χ0) is 28.1. The number of aliphatic hydroxyl groups is 1. The summed E-state index contributed by atoms with van der Waals surface area (Å²) in [5.74, 6) is 1.03. The van der Waals surface area contributed by atoms with E-state index in [1.54, 1.807) is 7.11 Å². The molecule has 39 heavy (non-hydrogen) atoms. The Bertz CT molecular complexity index is 916. The fraction of sp³-hybridized carbons (Fsp3) is 0.727. The SMILES string of the molecule is CCCCCCCCCCCCCCCC(=O)O.COc1ccc2c3c1O[C@H]1C[C@@H](O)C=C[C@@]31CCN(C)C2. The van der Waals surface area contributed by atoms with E-state index in [-0.39, 0.29) is 11.5 Å². The second kappa shape index (κ2) is 16.3. The summed E-state index contributed by atoms with van der Waals surface area (Å²) in [5, 5.41) is 18.5. The molecule has 1 aromatic carbocycles. The molecule has 1 aliphatic carbocycles. The first-order valence-corrected chi connectivity index (χ1v) is 15.6. The Hall–Kier alpha value is -2.05. The van der Waals surface area contributed by atoms with Crippen molar-refractivity contribution in [1.82, 2.24) is 4.90 Å². The number of aliphatic carboxylic acids is 1. The Balaban J connectivity index is 0.000000220. The topological polar surface area (TPSA) is 79.2 Å². The van der Waals surface area contributed by atoms with Crippen LogP contribution in [-0.4, -0.2) is 54.0 Å². The molecule has 2 N–H and O–H groups in total. The van der Waals surface area contributed by atoms with Gasteiger partial charge in [-0.1, -0.05) is 102 Å². The number of methoxy groups -OCH3 is 1. The molecule has 0 fully saturated rings. The fourth-order valence-electron chi connectivity index (χ4n) is 6.37. The smallest absolute Gasteiger partial charge is 0.303 e. The lowest BCUT2D eigenvalue weighted by atomic mass is 9.69. The second-order valence-electron chi connectivity index (χ2n) is 11.8. The molecule has 6 heteroatoms. The van der Waals surface area contributed by atoms with E-state index in [9.17, 15) is 9.90 Å². The van der Waals surface area contributed by atoms with Crippen LogP contribution in [0.3, 0.4) is 0 Å². The van der Waals surface area contributed by atoms with Gasteiger partial charge in [-0.3, -0.25) is 4.79 Å². The molecule has 0 saturated carbocycles. The highest BCUT2D eigenvalue weighted by atomic mass is 16.5. The highest BCUT2D eigenvalue weighted by molar-refractivity contribution is 5.66. The van der Waals surface area contributed by atoms with Gasteiger partial charge in [-0.25, -0.2) is 0 Å². The Kier molecular flexibility index (Phi) is 13.1. The zero-order valence-electron chi connectivity index (χ0n) is 24.8. The van der Waals surface area contributed by atoms with Crippen molar-refractivity contribution in [2.75, 3.05) is 20.7 Å². The first kappa shape index (κ1) is 31.5. The average Bonchev–Trinajstić information content (AvgIpc) is 3.17. The molecular formula is C33H53NO5. The molecule has 6 nitrogen and oxygen atoms in total. The second-order valence-corrected chi connectivity index (χ2v) is 11.8. The molecule has 4 rings (SSSR count). The summed E-state index contributed by atoms with van der Waals surface area (Å²) in [4.78, 5) is 12.7. The van der Waals surface area contributed by atoms with Crippen LogP contribution in [0.15, 0.2) is 24.3 Å². The first-order chi connectivity index (χ1) is 18.9. The number of aliphatic hydroxyl groups excluding tert-OH is 1. The van der Waals surface area contributed by atoms with Crippen molar-refractivity contribution >= 4 is 5.97 Å². The lowest BCUT2D eigenvalue weighted by Crippen LogP contribution is -2.42. The monoisotopic (exact) mass is 543 g/mol. The highest BCUT2D eigenvalue weighted by Crippen LogP contribution is 2.55.